The zero-order chi connectivity index (χ0) is 14.8. The Morgan fingerprint density at radius 2 is 2.10 bits per heavy atom. The van der Waals surface area contributed by atoms with Crippen LogP contribution in [-0.4, -0.2) is 26.8 Å². The van der Waals surface area contributed by atoms with Crippen molar-refractivity contribution in [3.63, 3.8) is 0 Å². The third kappa shape index (κ3) is 3.79. The number of hydrogen-bond donors (Lipinski definition) is 1. The highest BCUT2D eigenvalue weighted by atomic mass is 35.5. The normalized spacial score (nSPS) is 14.2. The van der Waals surface area contributed by atoms with E-state index >= 15 is 0 Å². The largest absolute Gasteiger partial charge is 0.476 e. The second-order valence-electron chi connectivity index (χ2n) is 5.06. The summed E-state index contributed by atoms with van der Waals surface area (Å²) in [7, 11) is 0. The molecule has 1 N–H and O–H groups in total. The molecule has 2 heterocycles. The highest BCUT2D eigenvalue weighted by molar-refractivity contribution is 7.11. The molecule has 0 saturated heterocycles. The van der Waals surface area contributed by atoms with E-state index in [0.717, 1.165) is 10.0 Å². The van der Waals surface area contributed by atoms with Gasteiger partial charge in [-0.05, 0) is 32.6 Å². The van der Waals surface area contributed by atoms with Gasteiger partial charge in [-0.1, -0.05) is 22.9 Å². The predicted octanol–water partition coefficient (Wildman–Crippen LogP) is 3.00. The average molecular weight is 326 g/mol. The van der Waals surface area contributed by atoms with Crippen LogP contribution in [0.2, 0.25) is 5.02 Å². The Bertz CT molecular complexity index is 643. The molecule has 0 bridgehead atoms. The van der Waals surface area contributed by atoms with Crippen molar-refractivity contribution in [1.82, 2.24) is 20.2 Å². The quantitative estimate of drug-likeness (QED) is 0.880. The van der Waals surface area contributed by atoms with Crippen LogP contribution in [-0.2, 0) is 6.54 Å². The fourth-order valence-electron chi connectivity index (χ4n) is 1.80. The van der Waals surface area contributed by atoms with Crippen LogP contribution < -0.4 is 10.1 Å². The molecular weight excluding hydrogens is 310 g/mol. The number of anilines is 1. The number of nitrogens with one attached hydrogen (secondary N) is 1. The summed E-state index contributed by atoms with van der Waals surface area (Å²) < 4.78 is 5.69. The van der Waals surface area contributed by atoms with Gasteiger partial charge in [0.05, 0.1) is 13.2 Å². The van der Waals surface area contributed by atoms with Crippen molar-refractivity contribution in [2.45, 2.75) is 33.2 Å². The molecule has 3 rings (SSSR count). The maximum Gasteiger partial charge on any atom is 0.238 e. The smallest absolute Gasteiger partial charge is 0.238 e. The van der Waals surface area contributed by atoms with Gasteiger partial charge in [0, 0.05) is 0 Å². The fraction of sp³-hybridized carbons (Fsp3) is 0.538. The zero-order valence-electron chi connectivity index (χ0n) is 11.9. The van der Waals surface area contributed by atoms with Gasteiger partial charge in [0.25, 0.3) is 0 Å². The molecule has 1 aliphatic carbocycles. The molecule has 0 spiro atoms. The molecule has 112 valence electrons. The van der Waals surface area contributed by atoms with Crippen molar-refractivity contribution in [2.75, 3.05) is 11.9 Å². The fourth-order valence-corrected chi connectivity index (χ4v) is 2.65. The average Bonchev–Trinajstić information content (AvgIpc) is 3.19. The molecule has 1 saturated carbocycles. The summed E-state index contributed by atoms with van der Waals surface area (Å²) >= 11 is 7.85. The second kappa shape index (κ2) is 6.11. The Kier molecular flexibility index (Phi) is 4.21. The summed E-state index contributed by atoms with van der Waals surface area (Å²) in [5, 5.41) is 13.5. The Morgan fingerprint density at radius 1 is 1.29 bits per heavy atom. The van der Waals surface area contributed by atoms with E-state index in [1.54, 1.807) is 11.3 Å². The molecule has 2 aromatic heterocycles. The molecule has 0 radical (unpaired) electrons. The number of aryl methyl sites for hydroxylation is 2. The second-order valence-corrected chi connectivity index (χ2v) is 6.71. The monoisotopic (exact) mass is 325 g/mol. The van der Waals surface area contributed by atoms with Crippen LogP contribution in [0, 0.1) is 19.8 Å². The zero-order valence-corrected chi connectivity index (χ0v) is 13.5. The van der Waals surface area contributed by atoms with E-state index in [1.807, 2.05) is 13.8 Å². The molecule has 1 aliphatic rings. The molecule has 2 aromatic rings. The van der Waals surface area contributed by atoms with Crippen molar-refractivity contribution in [3.05, 3.63) is 20.9 Å². The third-order valence-corrected chi connectivity index (χ3v) is 4.24. The molecule has 8 heteroatoms. The van der Waals surface area contributed by atoms with Crippen molar-refractivity contribution in [2.24, 2.45) is 5.92 Å². The van der Waals surface area contributed by atoms with E-state index < -0.39 is 0 Å². The van der Waals surface area contributed by atoms with Crippen molar-refractivity contribution in [1.29, 1.82) is 0 Å². The van der Waals surface area contributed by atoms with Gasteiger partial charge in [-0.25, -0.2) is 4.98 Å². The van der Waals surface area contributed by atoms with E-state index in [2.05, 4.69) is 25.5 Å². The topological polar surface area (TPSA) is 72.8 Å². The summed E-state index contributed by atoms with van der Waals surface area (Å²) in [6.45, 7) is 4.95. The molecule has 1 fully saturated rings. The Labute approximate surface area is 131 Å². The first kappa shape index (κ1) is 14.5. The summed E-state index contributed by atoms with van der Waals surface area (Å²) in [6.07, 6.45) is 2.45. The van der Waals surface area contributed by atoms with E-state index in [0.29, 0.717) is 41.6 Å². The summed E-state index contributed by atoms with van der Waals surface area (Å²) in [5.74, 6) is 2.30. The molecule has 21 heavy (non-hydrogen) atoms. The first-order chi connectivity index (χ1) is 10.1. The van der Waals surface area contributed by atoms with Crippen LogP contribution in [0.1, 0.15) is 28.7 Å². The molecule has 0 aliphatic heterocycles. The van der Waals surface area contributed by atoms with Crippen LogP contribution in [0.15, 0.2) is 0 Å². The predicted molar refractivity (Wildman–Crippen MR) is 82.0 cm³/mol. The van der Waals surface area contributed by atoms with Gasteiger partial charge < -0.3 is 10.1 Å². The van der Waals surface area contributed by atoms with Crippen LogP contribution in [0.3, 0.4) is 0 Å². The van der Waals surface area contributed by atoms with Gasteiger partial charge in [-0.15, -0.1) is 10.2 Å². The Balaban J connectivity index is 1.70. The lowest BCUT2D eigenvalue weighted by Gasteiger charge is -2.11. The molecular formula is C13H16ClN5OS. The van der Waals surface area contributed by atoms with Gasteiger partial charge in [0.15, 0.2) is 5.82 Å². The van der Waals surface area contributed by atoms with E-state index in [4.69, 9.17) is 16.3 Å². The number of ether oxygens (including phenoxy) is 1. The number of hydrogen-bond acceptors (Lipinski definition) is 7. The van der Waals surface area contributed by atoms with E-state index in [1.165, 1.54) is 12.8 Å². The minimum Gasteiger partial charge on any atom is -0.476 e. The van der Waals surface area contributed by atoms with Gasteiger partial charge in [0.1, 0.15) is 20.9 Å². The van der Waals surface area contributed by atoms with Crippen molar-refractivity contribution < 1.29 is 4.74 Å². The Hall–Kier alpha value is -1.47. The third-order valence-electron chi connectivity index (χ3n) is 3.06. The summed E-state index contributed by atoms with van der Waals surface area (Å²) in [4.78, 5) is 8.58. The van der Waals surface area contributed by atoms with Crippen LogP contribution >= 0.6 is 22.9 Å². The lowest BCUT2D eigenvalue weighted by atomic mass is 10.4. The highest BCUT2D eigenvalue weighted by Gasteiger charge is 2.23. The number of rotatable bonds is 6. The molecule has 6 nitrogen and oxygen atoms in total. The number of aromatic nitrogens is 4. The SMILES string of the molecule is Cc1nc(NCc2nnc(C)s2)c(Cl)c(OCC2CC2)n1. The molecule has 0 unspecified atom stereocenters. The van der Waals surface area contributed by atoms with Gasteiger partial charge in [0.2, 0.25) is 5.88 Å². The maximum atomic E-state index is 6.31. The standard InChI is InChI=1S/C13H16ClN5OS/c1-7-16-12(15-5-10-19-18-8(2)21-10)11(14)13(17-7)20-6-9-3-4-9/h9H,3-6H2,1-2H3,(H,15,16,17). The van der Waals surface area contributed by atoms with E-state index in [-0.39, 0.29) is 0 Å². The van der Waals surface area contributed by atoms with Crippen molar-refractivity contribution in [3.8, 4) is 5.88 Å². The van der Waals surface area contributed by atoms with Crippen LogP contribution in [0.4, 0.5) is 5.82 Å². The maximum absolute atomic E-state index is 6.31. The lowest BCUT2D eigenvalue weighted by Crippen LogP contribution is -2.08. The van der Waals surface area contributed by atoms with E-state index in [9.17, 15) is 0 Å². The number of nitrogens with zero attached hydrogens (tertiary/aromatic N) is 4. The summed E-state index contributed by atoms with van der Waals surface area (Å²) in [6, 6.07) is 0. The van der Waals surface area contributed by atoms with Crippen LogP contribution in [0.25, 0.3) is 0 Å². The molecule has 0 aromatic carbocycles. The van der Waals surface area contributed by atoms with Gasteiger partial charge in [-0.2, -0.15) is 4.98 Å². The molecule has 0 atom stereocenters. The first-order valence-corrected chi connectivity index (χ1v) is 8.01. The molecule has 0 amide bonds. The first-order valence-electron chi connectivity index (χ1n) is 6.81. The minimum atomic E-state index is 0.419. The summed E-state index contributed by atoms with van der Waals surface area (Å²) in [5.41, 5.74) is 0. The van der Waals surface area contributed by atoms with Crippen LogP contribution in [0.5, 0.6) is 5.88 Å². The lowest BCUT2D eigenvalue weighted by molar-refractivity contribution is 0.287. The minimum absolute atomic E-state index is 0.419. The van der Waals surface area contributed by atoms with Gasteiger partial charge >= 0.3 is 0 Å². The Morgan fingerprint density at radius 3 is 2.76 bits per heavy atom. The van der Waals surface area contributed by atoms with Gasteiger partial charge in [-0.3, -0.25) is 0 Å². The highest BCUT2D eigenvalue weighted by Crippen LogP contribution is 2.33. The van der Waals surface area contributed by atoms with Crippen molar-refractivity contribution >= 4 is 28.8 Å². The number of halogens is 1.